The van der Waals surface area contributed by atoms with E-state index in [2.05, 4.69) is 15.7 Å². The molecule has 1 fully saturated rings. The quantitative estimate of drug-likeness (QED) is 0.788. The molecule has 0 radical (unpaired) electrons. The first kappa shape index (κ1) is 15.6. The van der Waals surface area contributed by atoms with Gasteiger partial charge in [-0.1, -0.05) is 18.2 Å². The van der Waals surface area contributed by atoms with Crippen LogP contribution in [0.4, 0.5) is 4.79 Å². The first-order chi connectivity index (χ1) is 11.2. The summed E-state index contributed by atoms with van der Waals surface area (Å²) in [4.78, 5) is 11.8. The lowest BCUT2D eigenvalue weighted by molar-refractivity contribution is 0.177. The number of nitrogens with one attached hydrogen (secondary N) is 2. The minimum absolute atomic E-state index is 0.182. The van der Waals surface area contributed by atoms with Crippen molar-refractivity contribution in [2.75, 3.05) is 6.54 Å². The van der Waals surface area contributed by atoms with Crippen molar-refractivity contribution in [1.82, 2.24) is 20.4 Å². The number of urea groups is 1. The van der Waals surface area contributed by atoms with Crippen molar-refractivity contribution >= 4 is 6.03 Å². The Kier molecular flexibility index (Phi) is 4.92. The van der Waals surface area contributed by atoms with Crippen molar-refractivity contribution in [3.05, 3.63) is 48.3 Å². The molecule has 0 aliphatic heterocycles. The van der Waals surface area contributed by atoms with Crippen LogP contribution in [0.3, 0.4) is 0 Å². The smallest absolute Gasteiger partial charge is 0.315 e. The molecule has 0 bridgehead atoms. The summed E-state index contributed by atoms with van der Waals surface area (Å²) in [7, 11) is 0. The summed E-state index contributed by atoms with van der Waals surface area (Å²) in [6, 6.07) is 9.66. The van der Waals surface area contributed by atoms with E-state index in [4.69, 9.17) is 0 Å². The number of aromatic nitrogens is 2. The summed E-state index contributed by atoms with van der Waals surface area (Å²) in [5, 5.41) is 19.5. The van der Waals surface area contributed by atoms with Gasteiger partial charge in [-0.3, -0.25) is 0 Å². The number of para-hydroxylation sites is 1. The standard InChI is InChI=1S/C17H22N4O2/c22-16-7-6-13(8-16)9-18-17(23)19-10-14-11-20-21(12-14)15-4-2-1-3-5-15/h1-5,11-13,16,22H,6-10H2,(H2,18,19,23)/t13-,16+/m0/s1. The third-order valence-corrected chi connectivity index (χ3v) is 4.17. The van der Waals surface area contributed by atoms with Crippen LogP contribution in [0, 0.1) is 5.92 Å². The molecule has 3 rings (SSSR count). The second-order valence-electron chi connectivity index (χ2n) is 6.03. The van der Waals surface area contributed by atoms with Gasteiger partial charge in [-0.2, -0.15) is 5.10 Å². The van der Waals surface area contributed by atoms with E-state index >= 15 is 0 Å². The van der Waals surface area contributed by atoms with Crippen molar-refractivity contribution in [3.63, 3.8) is 0 Å². The number of rotatable bonds is 5. The summed E-state index contributed by atoms with van der Waals surface area (Å²) in [5.74, 6) is 0.386. The average molecular weight is 314 g/mol. The molecule has 1 aromatic carbocycles. The fourth-order valence-corrected chi connectivity index (χ4v) is 2.89. The molecule has 1 aromatic heterocycles. The van der Waals surface area contributed by atoms with Crippen LogP contribution in [-0.2, 0) is 6.54 Å². The predicted octanol–water partition coefficient (Wildman–Crippen LogP) is 1.83. The van der Waals surface area contributed by atoms with E-state index in [1.807, 2.05) is 36.5 Å². The lowest BCUT2D eigenvalue weighted by atomic mass is 10.1. The van der Waals surface area contributed by atoms with Gasteiger partial charge in [0.1, 0.15) is 0 Å². The van der Waals surface area contributed by atoms with Crippen LogP contribution in [0.15, 0.2) is 42.7 Å². The van der Waals surface area contributed by atoms with E-state index in [0.717, 1.165) is 30.5 Å². The van der Waals surface area contributed by atoms with Crippen LogP contribution in [0.5, 0.6) is 0 Å². The Morgan fingerprint density at radius 2 is 2.09 bits per heavy atom. The fraction of sp³-hybridized carbons (Fsp3) is 0.412. The number of aliphatic hydroxyl groups excluding tert-OH is 1. The van der Waals surface area contributed by atoms with Gasteiger partial charge in [0, 0.05) is 24.8 Å². The lowest BCUT2D eigenvalue weighted by Gasteiger charge is -2.11. The van der Waals surface area contributed by atoms with E-state index in [0.29, 0.717) is 19.0 Å². The van der Waals surface area contributed by atoms with Gasteiger partial charge >= 0.3 is 6.03 Å². The van der Waals surface area contributed by atoms with E-state index in [9.17, 15) is 9.90 Å². The third kappa shape index (κ3) is 4.32. The van der Waals surface area contributed by atoms with Crippen LogP contribution in [-0.4, -0.2) is 33.6 Å². The van der Waals surface area contributed by atoms with Crippen molar-refractivity contribution in [2.45, 2.75) is 31.9 Å². The zero-order chi connectivity index (χ0) is 16.1. The number of aliphatic hydroxyl groups is 1. The number of nitrogens with zero attached hydrogens (tertiary/aromatic N) is 2. The van der Waals surface area contributed by atoms with Gasteiger partial charge in [0.15, 0.2) is 0 Å². The van der Waals surface area contributed by atoms with Crippen molar-refractivity contribution in [1.29, 1.82) is 0 Å². The second-order valence-corrected chi connectivity index (χ2v) is 6.03. The first-order valence-corrected chi connectivity index (χ1v) is 7.99. The molecule has 122 valence electrons. The number of hydrogen-bond donors (Lipinski definition) is 3. The topological polar surface area (TPSA) is 79.2 Å². The predicted molar refractivity (Wildman–Crippen MR) is 87.2 cm³/mol. The largest absolute Gasteiger partial charge is 0.393 e. The molecule has 6 nitrogen and oxygen atoms in total. The molecule has 0 saturated heterocycles. The summed E-state index contributed by atoms with van der Waals surface area (Å²) in [6.45, 7) is 1.05. The Morgan fingerprint density at radius 1 is 1.26 bits per heavy atom. The normalized spacial score (nSPS) is 20.4. The molecule has 0 unspecified atom stereocenters. The average Bonchev–Trinajstić information content (AvgIpc) is 3.21. The molecule has 1 aliphatic carbocycles. The van der Waals surface area contributed by atoms with Crippen molar-refractivity contribution in [2.24, 2.45) is 5.92 Å². The molecular formula is C17H22N4O2. The SMILES string of the molecule is O=C(NCc1cnn(-c2ccccc2)c1)NC[C@H]1CC[C@@H](O)C1. The molecular weight excluding hydrogens is 292 g/mol. The lowest BCUT2D eigenvalue weighted by Crippen LogP contribution is -2.37. The van der Waals surface area contributed by atoms with E-state index in [1.54, 1.807) is 10.9 Å². The minimum atomic E-state index is -0.200. The van der Waals surface area contributed by atoms with Crippen LogP contribution in [0.1, 0.15) is 24.8 Å². The van der Waals surface area contributed by atoms with Crippen LogP contribution < -0.4 is 10.6 Å². The highest BCUT2D eigenvalue weighted by molar-refractivity contribution is 5.73. The van der Waals surface area contributed by atoms with E-state index in [-0.39, 0.29) is 12.1 Å². The van der Waals surface area contributed by atoms with Gasteiger partial charge in [-0.05, 0) is 37.3 Å². The molecule has 0 spiro atoms. The van der Waals surface area contributed by atoms with Crippen molar-refractivity contribution < 1.29 is 9.90 Å². The van der Waals surface area contributed by atoms with Gasteiger partial charge in [0.2, 0.25) is 0 Å². The number of hydrogen-bond acceptors (Lipinski definition) is 3. The van der Waals surface area contributed by atoms with E-state index in [1.165, 1.54) is 0 Å². The van der Waals surface area contributed by atoms with Gasteiger partial charge in [-0.25, -0.2) is 9.48 Å². The Bertz CT molecular complexity index is 641. The van der Waals surface area contributed by atoms with Crippen LogP contribution in [0.2, 0.25) is 0 Å². The maximum absolute atomic E-state index is 11.8. The Labute approximate surface area is 135 Å². The highest BCUT2D eigenvalue weighted by Crippen LogP contribution is 2.24. The van der Waals surface area contributed by atoms with Gasteiger partial charge in [0.05, 0.1) is 18.0 Å². The molecule has 1 heterocycles. The maximum Gasteiger partial charge on any atom is 0.315 e. The van der Waals surface area contributed by atoms with E-state index < -0.39 is 0 Å². The molecule has 3 N–H and O–H groups in total. The third-order valence-electron chi connectivity index (χ3n) is 4.17. The van der Waals surface area contributed by atoms with Gasteiger partial charge in [-0.15, -0.1) is 0 Å². The Hall–Kier alpha value is -2.34. The summed E-state index contributed by atoms with van der Waals surface area (Å²) in [5.41, 5.74) is 1.93. The summed E-state index contributed by atoms with van der Waals surface area (Å²) in [6.07, 6.45) is 6.06. The Balaban J connectivity index is 1.43. The van der Waals surface area contributed by atoms with Crippen LogP contribution in [0.25, 0.3) is 5.69 Å². The highest BCUT2D eigenvalue weighted by Gasteiger charge is 2.22. The minimum Gasteiger partial charge on any atom is -0.393 e. The van der Waals surface area contributed by atoms with Gasteiger partial charge < -0.3 is 15.7 Å². The molecule has 2 atom stereocenters. The highest BCUT2D eigenvalue weighted by atomic mass is 16.3. The molecule has 1 saturated carbocycles. The number of benzene rings is 1. The van der Waals surface area contributed by atoms with Gasteiger partial charge in [0.25, 0.3) is 0 Å². The first-order valence-electron chi connectivity index (χ1n) is 7.99. The summed E-state index contributed by atoms with van der Waals surface area (Å²) < 4.78 is 1.79. The number of carbonyl (C=O) groups excluding carboxylic acids is 1. The molecule has 2 amide bonds. The van der Waals surface area contributed by atoms with Crippen LogP contribution >= 0.6 is 0 Å². The van der Waals surface area contributed by atoms with Crippen molar-refractivity contribution in [3.8, 4) is 5.69 Å². The fourth-order valence-electron chi connectivity index (χ4n) is 2.89. The zero-order valence-corrected chi connectivity index (χ0v) is 13.0. The zero-order valence-electron chi connectivity index (χ0n) is 13.0. The number of amides is 2. The second kappa shape index (κ2) is 7.28. The maximum atomic E-state index is 11.8. The summed E-state index contributed by atoms with van der Waals surface area (Å²) >= 11 is 0. The monoisotopic (exact) mass is 314 g/mol. The molecule has 6 heteroatoms. The molecule has 23 heavy (non-hydrogen) atoms. The Morgan fingerprint density at radius 3 is 2.83 bits per heavy atom. The molecule has 2 aromatic rings. The molecule has 1 aliphatic rings. The number of carbonyl (C=O) groups is 1.